The summed E-state index contributed by atoms with van der Waals surface area (Å²) in [6.45, 7) is 11.8. The lowest BCUT2D eigenvalue weighted by atomic mass is 9.65. The first kappa shape index (κ1) is 18.0. The maximum atomic E-state index is 11.4. The van der Waals surface area contributed by atoms with Gasteiger partial charge in [0.2, 0.25) is 0 Å². The van der Waals surface area contributed by atoms with E-state index >= 15 is 0 Å². The number of carboxylic acid groups (broad SMARTS) is 2. The van der Waals surface area contributed by atoms with Gasteiger partial charge in [-0.3, -0.25) is 0 Å². The van der Waals surface area contributed by atoms with Crippen LogP contribution in [0.25, 0.3) is 0 Å². The van der Waals surface area contributed by atoms with Crippen LogP contribution in [0, 0.1) is 10.8 Å². The molecular formula is C20H24O4. The number of carboxylic acids is 2. The molecule has 0 aliphatic heterocycles. The molecule has 2 aliphatic carbocycles. The van der Waals surface area contributed by atoms with Crippen molar-refractivity contribution in [2.24, 2.45) is 10.8 Å². The highest BCUT2D eigenvalue weighted by molar-refractivity contribution is 5.92. The van der Waals surface area contributed by atoms with E-state index in [0.717, 1.165) is 22.3 Å². The van der Waals surface area contributed by atoms with Crippen LogP contribution in [0.15, 0.2) is 57.7 Å². The summed E-state index contributed by atoms with van der Waals surface area (Å²) in [4.78, 5) is 22.7. The van der Waals surface area contributed by atoms with E-state index in [4.69, 9.17) is 0 Å². The third-order valence-corrected chi connectivity index (χ3v) is 4.60. The Labute approximate surface area is 142 Å². The summed E-state index contributed by atoms with van der Waals surface area (Å²) >= 11 is 0. The average molecular weight is 328 g/mol. The van der Waals surface area contributed by atoms with Crippen molar-refractivity contribution in [1.82, 2.24) is 0 Å². The van der Waals surface area contributed by atoms with Gasteiger partial charge in [-0.1, -0.05) is 39.8 Å². The number of hydrogen-bond donors (Lipinski definition) is 2. The molecule has 0 heterocycles. The van der Waals surface area contributed by atoms with Gasteiger partial charge < -0.3 is 10.2 Å². The van der Waals surface area contributed by atoms with Gasteiger partial charge in [-0.25, -0.2) is 9.59 Å². The highest BCUT2D eigenvalue weighted by atomic mass is 16.4. The Hall–Kier alpha value is -2.36. The SMILES string of the molecule is CC1=CC(C(=O)O)=CC(C)(C)/C1=C1\C(C)=CC(C(=O)O)=CC1(C)C. The molecule has 0 aromatic rings. The predicted molar refractivity (Wildman–Crippen MR) is 93.5 cm³/mol. The highest BCUT2D eigenvalue weighted by Gasteiger charge is 2.37. The maximum absolute atomic E-state index is 11.4. The summed E-state index contributed by atoms with van der Waals surface area (Å²) in [7, 11) is 0. The molecule has 2 aliphatic rings. The zero-order valence-electron chi connectivity index (χ0n) is 15.0. The first-order chi connectivity index (χ1) is 10.9. The molecule has 4 nitrogen and oxygen atoms in total. The van der Waals surface area contributed by atoms with E-state index in [1.165, 1.54) is 0 Å². The van der Waals surface area contributed by atoms with Gasteiger partial charge >= 0.3 is 11.9 Å². The quantitative estimate of drug-likeness (QED) is 0.793. The lowest BCUT2D eigenvalue weighted by Gasteiger charge is -2.39. The first-order valence-electron chi connectivity index (χ1n) is 7.91. The fraction of sp³-hybridized carbons (Fsp3) is 0.400. The van der Waals surface area contributed by atoms with E-state index in [1.54, 1.807) is 24.3 Å². The fourth-order valence-corrected chi connectivity index (χ4v) is 3.92. The third kappa shape index (κ3) is 3.01. The van der Waals surface area contributed by atoms with Crippen molar-refractivity contribution in [3.63, 3.8) is 0 Å². The normalized spacial score (nSPS) is 25.2. The van der Waals surface area contributed by atoms with E-state index in [0.29, 0.717) is 11.1 Å². The van der Waals surface area contributed by atoms with Crippen molar-refractivity contribution in [3.05, 3.63) is 57.7 Å². The van der Waals surface area contributed by atoms with Gasteiger partial charge in [-0.05, 0) is 48.3 Å². The number of hydrogen-bond acceptors (Lipinski definition) is 2. The minimum atomic E-state index is -0.935. The molecule has 0 aromatic carbocycles. The molecule has 0 unspecified atom stereocenters. The van der Waals surface area contributed by atoms with E-state index in [9.17, 15) is 19.8 Å². The summed E-state index contributed by atoms with van der Waals surface area (Å²) < 4.78 is 0. The molecule has 0 saturated carbocycles. The first-order valence-corrected chi connectivity index (χ1v) is 7.91. The number of aliphatic carboxylic acids is 2. The third-order valence-electron chi connectivity index (χ3n) is 4.60. The summed E-state index contributed by atoms with van der Waals surface area (Å²) in [6.07, 6.45) is 6.92. The Morgan fingerprint density at radius 3 is 1.25 bits per heavy atom. The molecule has 0 radical (unpaired) electrons. The number of allylic oxidation sites excluding steroid dienone is 6. The average Bonchev–Trinajstić information content (AvgIpc) is 2.39. The second-order valence-electron chi connectivity index (χ2n) is 7.66. The van der Waals surface area contributed by atoms with Crippen LogP contribution in [0.2, 0.25) is 0 Å². The van der Waals surface area contributed by atoms with E-state index in [2.05, 4.69) is 0 Å². The Balaban J connectivity index is 2.73. The van der Waals surface area contributed by atoms with E-state index < -0.39 is 22.8 Å². The van der Waals surface area contributed by atoms with Crippen molar-refractivity contribution in [3.8, 4) is 0 Å². The monoisotopic (exact) mass is 328 g/mol. The highest BCUT2D eigenvalue weighted by Crippen LogP contribution is 2.49. The second kappa shape index (κ2) is 5.62. The van der Waals surface area contributed by atoms with Gasteiger partial charge in [0, 0.05) is 10.8 Å². The van der Waals surface area contributed by atoms with Gasteiger partial charge in [-0.15, -0.1) is 0 Å². The van der Waals surface area contributed by atoms with E-state index in [-0.39, 0.29) is 0 Å². The van der Waals surface area contributed by atoms with Crippen LogP contribution in [0.1, 0.15) is 41.5 Å². The molecule has 0 fully saturated rings. The minimum absolute atomic E-state index is 0.291. The van der Waals surface area contributed by atoms with Crippen molar-refractivity contribution in [2.45, 2.75) is 41.5 Å². The lowest BCUT2D eigenvalue weighted by Crippen LogP contribution is -2.28. The van der Waals surface area contributed by atoms with Gasteiger partial charge in [0.05, 0.1) is 11.1 Å². The molecule has 128 valence electrons. The van der Waals surface area contributed by atoms with Gasteiger partial charge in [0.25, 0.3) is 0 Å². The van der Waals surface area contributed by atoms with Crippen LogP contribution < -0.4 is 0 Å². The van der Waals surface area contributed by atoms with Crippen LogP contribution in [0.3, 0.4) is 0 Å². The molecule has 24 heavy (non-hydrogen) atoms. The molecule has 0 amide bonds. The van der Waals surface area contributed by atoms with Crippen molar-refractivity contribution in [2.75, 3.05) is 0 Å². The lowest BCUT2D eigenvalue weighted by molar-refractivity contribution is -0.133. The van der Waals surface area contributed by atoms with E-state index in [1.807, 2.05) is 41.5 Å². The Kier molecular flexibility index (Phi) is 4.21. The van der Waals surface area contributed by atoms with Crippen LogP contribution in [0.4, 0.5) is 0 Å². The minimum Gasteiger partial charge on any atom is -0.478 e. The summed E-state index contributed by atoms with van der Waals surface area (Å²) in [5, 5.41) is 18.6. The van der Waals surface area contributed by atoms with Gasteiger partial charge in [0.1, 0.15) is 0 Å². The van der Waals surface area contributed by atoms with Gasteiger partial charge in [0.15, 0.2) is 0 Å². The Morgan fingerprint density at radius 1 is 0.750 bits per heavy atom. The van der Waals surface area contributed by atoms with Crippen molar-refractivity contribution >= 4 is 11.9 Å². The number of rotatable bonds is 2. The molecule has 0 bridgehead atoms. The largest absolute Gasteiger partial charge is 0.478 e. The topological polar surface area (TPSA) is 74.6 Å². The molecule has 0 spiro atoms. The summed E-state index contributed by atoms with van der Waals surface area (Å²) in [5.41, 5.74) is 3.61. The molecule has 0 aromatic heterocycles. The fourth-order valence-electron chi connectivity index (χ4n) is 3.92. The van der Waals surface area contributed by atoms with Crippen molar-refractivity contribution < 1.29 is 19.8 Å². The zero-order chi connectivity index (χ0) is 18.4. The van der Waals surface area contributed by atoms with Crippen LogP contribution >= 0.6 is 0 Å². The molecule has 2 rings (SSSR count). The van der Waals surface area contributed by atoms with Crippen LogP contribution in [-0.4, -0.2) is 22.2 Å². The van der Waals surface area contributed by atoms with Gasteiger partial charge in [-0.2, -0.15) is 0 Å². The van der Waals surface area contributed by atoms with Crippen LogP contribution in [0.5, 0.6) is 0 Å². The smallest absolute Gasteiger partial charge is 0.335 e. The molecule has 2 N–H and O–H groups in total. The standard InChI is InChI=1S/C20H24O4/c1-11-7-13(17(21)22)9-19(3,4)15(11)16-12(2)8-14(18(23)24)10-20(16,5)6/h7-10H,1-6H3,(H,21,22)(H,23,24)/b16-15+. The summed E-state index contributed by atoms with van der Waals surface area (Å²) in [5.74, 6) is -1.87. The zero-order valence-corrected chi connectivity index (χ0v) is 15.0. The number of carbonyl (C=O) groups is 2. The predicted octanol–water partition coefficient (Wildman–Crippen LogP) is 4.28. The molecule has 4 heteroatoms. The molecule has 0 saturated heterocycles. The molecule has 0 atom stereocenters. The van der Waals surface area contributed by atoms with Crippen LogP contribution in [-0.2, 0) is 9.59 Å². The molecular weight excluding hydrogens is 304 g/mol. The maximum Gasteiger partial charge on any atom is 0.335 e. The van der Waals surface area contributed by atoms with Crippen molar-refractivity contribution in [1.29, 1.82) is 0 Å². The Bertz CT molecular complexity index is 714. The summed E-state index contributed by atoms with van der Waals surface area (Å²) in [6, 6.07) is 0. The Morgan fingerprint density at radius 2 is 1.04 bits per heavy atom. The second-order valence-corrected chi connectivity index (χ2v) is 7.66.